The van der Waals surface area contributed by atoms with Crippen LogP contribution in [0.15, 0.2) is 70.6 Å². The molecule has 2 heterocycles. The second-order valence-electron chi connectivity index (χ2n) is 14.0. The molecule has 0 aliphatic carbocycles. The number of nitrogens with zero attached hydrogens (tertiary/aromatic N) is 3. The molecule has 2 aromatic carbocycles. The number of fused-ring (bicyclic) bond motifs is 1. The lowest BCUT2D eigenvalue weighted by Crippen LogP contribution is -2.33. The van der Waals surface area contributed by atoms with Gasteiger partial charge in [0.25, 0.3) is 0 Å². The van der Waals surface area contributed by atoms with E-state index >= 15 is 0 Å². The number of halogens is 3. The maximum atomic E-state index is 12.5. The lowest BCUT2D eigenvalue weighted by atomic mass is 9.87. The summed E-state index contributed by atoms with van der Waals surface area (Å²) in [6.07, 6.45) is -2.44. The van der Waals surface area contributed by atoms with Crippen molar-refractivity contribution in [1.82, 2.24) is 19.9 Å². The number of ether oxygens (including phenoxy) is 2. The fourth-order valence-electron chi connectivity index (χ4n) is 4.64. The molecule has 4 rings (SSSR count). The first kappa shape index (κ1) is 40.0. The third-order valence-corrected chi connectivity index (χ3v) is 7.55. The lowest BCUT2D eigenvalue weighted by molar-refractivity contribution is -0.186. The summed E-state index contributed by atoms with van der Waals surface area (Å²) in [6, 6.07) is 17.4. The molecule has 0 aliphatic heterocycles. The Morgan fingerprint density at radius 1 is 1.02 bits per heavy atom. The maximum absolute atomic E-state index is 12.5. The highest BCUT2D eigenvalue weighted by atomic mass is 19.4. The minimum Gasteiger partial charge on any atom is -0.491 e. The Labute approximate surface area is 291 Å². The highest BCUT2D eigenvalue weighted by Crippen LogP contribution is 2.26. The summed E-state index contributed by atoms with van der Waals surface area (Å²) in [5, 5.41) is 4.27. The molecule has 50 heavy (non-hydrogen) atoms. The number of hydrogen-bond acceptors (Lipinski definition) is 7. The van der Waals surface area contributed by atoms with Crippen LogP contribution >= 0.6 is 0 Å². The van der Waals surface area contributed by atoms with Crippen molar-refractivity contribution in [2.24, 2.45) is 22.2 Å². The molecule has 14 heteroatoms. The minimum atomic E-state index is -4.36. The molecule has 274 valence electrons. The molecule has 0 amide bonds. The summed E-state index contributed by atoms with van der Waals surface area (Å²) in [6.45, 7) is 13.4. The number of guanidine groups is 1. The number of aliphatic imine (C=N–C) groups is 1. The first-order chi connectivity index (χ1) is 23.4. The molecule has 11 nitrogen and oxygen atoms in total. The van der Waals surface area contributed by atoms with Crippen LogP contribution in [-0.2, 0) is 22.1 Å². The molecular formula is C36H51F3N8O3. The fourth-order valence-corrected chi connectivity index (χ4v) is 4.64. The zero-order valence-electron chi connectivity index (χ0n) is 29.7. The van der Waals surface area contributed by atoms with Crippen molar-refractivity contribution in [3.63, 3.8) is 0 Å². The van der Waals surface area contributed by atoms with Crippen molar-refractivity contribution in [2.75, 3.05) is 32.8 Å². The summed E-state index contributed by atoms with van der Waals surface area (Å²) in [5.74, 6) is 0.717. The number of alkyl halides is 3. The summed E-state index contributed by atoms with van der Waals surface area (Å²) in [4.78, 5) is 23.9. The van der Waals surface area contributed by atoms with Crippen LogP contribution in [0.5, 0.6) is 5.75 Å². The van der Waals surface area contributed by atoms with E-state index in [0.29, 0.717) is 17.9 Å². The molecular weight excluding hydrogens is 649 g/mol. The average Bonchev–Trinajstić information content (AvgIpc) is 3.46. The van der Waals surface area contributed by atoms with Crippen LogP contribution in [0.1, 0.15) is 64.8 Å². The second kappa shape index (κ2) is 17.5. The topological polar surface area (TPSA) is 172 Å². The summed E-state index contributed by atoms with van der Waals surface area (Å²) >= 11 is 0. The lowest BCUT2D eigenvalue weighted by Gasteiger charge is -2.21. The van der Waals surface area contributed by atoms with E-state index in [2.05, 4.69) is 67.9 Å². The molecule has 0 radical (unpaired) electrons. The Morgan fingerprint density at radius 3 is 2.32 bits per heavy atom. The Morgan fingerprint density at radius 2 is 1.72 bits per heavy atom. The first-order valence-corrected chi connectivity index (χ1v) is 16.5. The number of H-pyrrole nitrogens is 1. The smallest absolute Gasteiger partial charge is 0.411 e. The fraction of sp³-hybridized carbons (Fsp3) is 0.472. The summed E-state index contributed by atoms with van der Waals surface area (Å²) < 4.78 is 48.0. The van der Waals surface area contributed by atoms with E-state index in [1.165, 1.54) is 0 Å². The minimum absolute atomic E-state index is 0.0137. The van der Waals surface area contributed by atoms with Gasteiger partial charge in [0, 0.05) is 42.3 Å². The van der Waals surface area contributed by atoms with Crippen LogP contribution < -0.4 is 32.9 Å². The number of rotatable bonds is 13. The molecule has 0 spiro atoms. The zero-order chi connectivity index (χ0) is 37.1. The highest BCUT2D eigenvalue weighted by molar-refractivity contribution is 5.76. The van der Waals surface area contributed by atoms with Crippen molar-refractivity contribution in [3.8, 4) is 11.4 Å². The monoisotopic (exact) mass is 700 g/mol. The Hall–Kier alpha value is -4.40. The third kappa shape index (κ3) is 13.1. The molecule has 0 bridgehead atoms. The molecule has 0 saturated heterocycles. The van der Waals surface area contributed by atoms with Crippen molar-refractivity contribution in [1.29, 1.82) is 0 Å². The van der Waals surface area contributed by atoms with E-state index in [1.54, 1.807) is 10.6 Å². The molecule has 4 aromatic rings. The van der Waals surface area contributed by atoms with Crippen LogP contribution in [-0.4, -0.2) is 65.6 Å². The van der Waals surface area contributed by atoms with Crippen LogP contribution in [0.25, 0.3) is 16.7 Å². The van der Waals surface area contributed by atoms with Crippen molar-refractivity contribution < 1.29 is 22.6 Å². The molecule has 2 aromatic heterocycles. The SMILES string of the molecule is CC(C)(C)c1cc2cn(-c3ccc(CNCCCN=C(N)N)cc3)c(=O)nc2[nH]1.CC(C)(C)c1cccc(OC[C@H](CN)OCC(F)(F)F)c1. The normalized spacial score (nSPS) is 12.7. The van der Waals surface area contributed by atoms with Gasteiger partial charge in [-0.15, -0.1) is 0 Å². The van der Waals surface area contributed by atoms with E-state index in [-0.39, 0.29) is 35.6 Å². The number of hydrogen-bond donors (Lipinski definition) is 5. The molecule has 0 fully saturated rings. The van der Waals surface area contributed by atoms with Gasteiger partial charge in [-0.05, 0) is 59.8 Å². The maximum Gasteiger partial charge on any atom is 0.411 e. The van der Waals surface area contributed by atoms with Gasteiger partial charge in [0.15, 0.2) is 5.96 Å². The predicted octanol–water partition coefficient (Wildman–Crippen LogP) is 5.03. The highest BCUT2D eigenvalue weighted by Gasteiger charge is 2.29. The van der Waals surface area contributed by atoms with Gasteiger partial charge in [-0.25, -0.2) is 4.79 Å². The van der Waals surface area contributed by atoms with Crippen LogP contribution in [0.4, 0.5) is 13.2 Å². The molecule has 0 saturated carbocycles. The third-order valence-electron chi connectivity index (χ3n) is 7.55. The van der Waals surface area contributed by atoms with Gasteiger partial charge in [-0.2, -0.15) is 18.2 Å². The summed E-state index contributed by atoms with van der Waals surface area (Å²) in [5.41, 5.74) is 20.3. The van der Waals surface area contributed by atoms with Gasteiger partial charge in [0.1, 0.15) is 30.7 Å². The number of nitrogens with two attached hydrogens (primary N) is 3. The molecule has 0 aliphatic rings. The van der Waals surface area contributed by atoms with E-state index in [9.17, 15) is 18.0 Å². The number of benzene rings is 2. The molecule has 8 N–H and O–H groups in total. The van der Waals surface area contributed by atoms with Crippen molar-refractivity contribution in [2.45, 2.75) is 77.6 Å². The van der Waals surface area contributed by atoms with Crippen molar-refractivity contribution >= 4 is 17.0 Å². The van der Waals surface area contributed by atoms with Gasteiger partial charge < -0.3 is 37.0 Å². The van der Waals surface area contributed by atoms with E-state index in [0.717, 1.165) is 47.4 Å². The zero-order valence-corrected chi connectivity index (χ0v) is 29.7. The Bertz CT molecular complexity index is 1730. The largest absolute Gasteiger partial charge is 0.491 e. The number of aromatic nitrogens is 3. The van der Waals surface area contributed by atoms with Gasteiger partial charge in [0.2, 0.25) is 0 Å². The second-order valence-corrected chi connectivity index (χ2v) is 14.0. The standard InChI is InChI=1S/C21H29N7O.C15H22F3NO2/c1-21(2,3)17-11-15-13-28(20(29)27-18(15)26-17)16-7-5-14(6-8-16)12-24-9-4-10-25-19(22)23;1-14(2,3)11-5-4-6-12(7-11)20-9-13(8-19)21-10-15(16,17)18/h5-8,11,13,24H,4,9-10,12H2,1-3H3,(H4,22,23,25)(H,26,27,29);4-7,13H,8-10,19H2,1-3H3/t;13-/m.0/s1. The van der Waals surface area contributed by atoms with E-state index in [1.807, 2.05) is 48.7 Å². The van der Waals surface area contributed by atoms with Gasteiger partial charge in [-0.1, -0.05) is 65.8 Å². The van der Waals surface area contributed by atoms with E-state index in [4.69, 9.17) is 26.7 Å². The van der Waals surface area contributed by atoms with Gasteiger partial charge >= 0.3 is 11.9 Å². The molecule has 0 unspecified atom stereocenters. The number of nitrogens with one attached hydrogen (secondary N) is 2. The van der Waals surface area contributed by atoms with E-state index < -0.39 is 18.9 Å². The van der Waals surface area contributed by atoms with Crippen LogP contribution in [0, 0.1) is 0 Å². The number of aromatic amines is 1. The molecule has 1 atom stereocenters. The quantitative estimate of drug-likeness (QED) is 0.0734. The van der Waals surface area contributed by atoms with Crippen LogP contribution in [0.2, 0.25) is 0 Å². The van der Waals surface area contributed by atoms with Gasteiger partial charge in [-0.3, -0.25) is 9.56 Å². The van der Waals surface area contributed by atoms with Crippen molar-refractivity contribution in [3.05, 3.63) is 88.1 Å². The average molecular weight is 701 g/mol. The Balaban J connectivity index is 0.000000286. The summed E-state index contributed by atoms with van der Waals surface area (Å²) in [7, 11) is 0. The Kier molecular flexibility index (Phi) is 14.0. The predicted molar refractivity (Wildman–Crippen MR) is 193 cm³/mol. The van der Waals surface area contributed by atoms with Crippen LogP contribution in [0.3, 0.4) is 0 Å². The first-order valence-electron chi connectivity index (χ1n) is 16.5. The van der Waals surface area contributed by atoms with Gasteiger partial charge in [0.05, 0.1) is 5.69 Å².